The van der Waals surface area contributed by atoms with Crippen molar-refractivity contribution in [3.63, 3.8) is 0 Å². The molecule has 2 N–H and O–H groups in total. The zero-order chi connectivity index (χ0) is 0. The first-order valence-electron chi connectivity index (χ1n) is 0. The standard InChI is InChI=1S/2Na.H2O.H2S/h;;2*1H2. The normalized spacial score (nSPS) is 0. The zero-order valence-electron chi connectivity index (χ0n) is 3.00. The molecule has 4 heteroatoms. The summed E-state index contributed by atoms with van der Waals surface area (Å²) in [6.07, 6.45) is 0. The van der Waals surface area contributed by atoms with Crippen molar-refractivity contribution in [1.29, 1.82) is 0 Å². The number of hydrogen-bond acceptors (Lipinski definition) is 0. The van der Waals surface area contributed by atoms with Gasteiger partial charge in [-0.3, -0.25) is 0 Å². The fourth-order valence-electron chi connectivity index (χ4n) is 0. The Bertz CT molecular complexity index is 6.00. The largest absolute Gasteiger partial charge is 0.412 e. The second-order valence-electron chi connectivity index (χ2n) is 0. The van der Waals surface area contributed by atoms with Crippen molar-refractivity contribution in [3.8, 4) is 0 Å². The molecule has 0 aliphatic carbocycles. The zero-order valence-corrected chi connectivity index (χ0v) is 8.00. The first-order chi connectivity index (χ1) is 0. The summed E-state index contributed by atoms with van der Waals surface area (Å²) in [5.74, 6) is 0. The van der Waals surface area contributed by atoms with Crippen LogP contribution in [0.2, 0.25) is 0 Å². The van der Waals surface area contributed by atoms with Crippen molar-refractivity contribution >= 4 is 72.6 Å². The number of rotatable bonds is 0. The van der Waals surface area contributed by atoms with Gasteiger partial charge in [0.1, 0.15) is 0 Å². The van der Waals surface area contributed by atoms with Gasteiger partial charge in [0.2, 0.25) is 0 Å². The Labute approximate surface area is 76.9 Å². The molecule has 0 amide bonds. The molecule has 18 valence electrons. The molecule has 0 heterocycles. The van der Waals surface area contributed by atoms with Crippen molar-refractivity contribution in [2.45, 2.75) is 0 Å². The van der Waals surface area contributed by atoms with Gasteiger partial charge in [-0.15, -0.1) is 0 Å². The van der Waals surface area contributed by atoms with Crippen molar-refractivity contribution in [2.75, 3.05) is 0 Å². The summed E-state index contributed by atoms with van der Waals surface area (Å²) in [5, 5.41) is 0. The molecule has 0 aromatic carbocycles. The van der Waals surface area contributed by atoms with Gasteiger partial charge < -0.3 is 5.48 Å². The Morgan fingerprint density at radius 3 is 0.750 bits per heavy atom. The Balaban J connectivity index is 0. The summed E-state index contributed by atoms with van der Waals surface area (Å²) < 4.78 is 0. The molecule has 0 aromatic rings. The molecular weight excluding hydrogens is 94.0 g/mol. The Morgan fingerprint density at radius 1 is 0.750 bits per heavy atom. The Kier molecular flexibility index (Phi) is 154. The van der Waals surface area contributed by atoms with Crippen LogP contribution in [-0.2, 0) is 0 Å². The predicted molar refractivity (Wildman–Crippen MR) is 25.5 cm³/mol. The smallest absolute Gasteiger partial charge is 0 e. The van der Waals surface area contributed by atoms with E-state index in [1.54, 1.807) is 0 Å². The minimum atomic E-state index is 0. The van der Waals surface area contributed by atoms with E-state index in [2.05, 4.69) is 0 Å². The summed E-state index contributed by atoms with van der Waals surface area (Å²) in [6, 6.07) is 0. The van der Waals surface area contributed by atoms with Crippen LogP contribution in [0.25, 0.3) is 0 Å². The van der Waals surface area contributed by atoms with E-state index >= 15 is 0 Å². The molecule has 0 saturated carbocycles. The van der Waals surface area contributed by atoms with Crippen LogP contribution in [0.15, 0.2) is 0 Å². The van der Waals surface area contributed by atoms with Crippen molar-refractivity contribution in [1.82, 2.24) is 0 Å². The second kappa shape index (κ2) is 18.5. The van der Waals surface area contributed by atoms with Crippen LogP contribution in [0.5, 0.6) is 0 Å². The van der Waals surface area contributed by atoms with E-state index in [1.165, 1.54) is 0 Å². The van der Waals surface area contributed by atoms with Gasteiger partial charge in [-0.25, -0.2) is 0 Å². The average molecular weight is 98.1 g/mol. The van der Waals surface area contributed by atoms with Gasteiger partial charge in [0.05, 0.1) is 0 Å². The maximum atomic E-state index is 0. The van der Waals surface area contributed by atoms with E-state index in [4.69, 9.17) is 0 Å². The summed E-state index contributed by atoms with van der Waals surface area (Å²) in [5.41, 5.74) is 0. The summed E-state index contributed by atoms with van der Waals surface area (Å²) in [7, 11) is 0. The molecule has 2 radical (unpaired) electrons. The third-order valence-corrected chi connectivity index (χ3v) is 0. The van der Waals surface area contributed by atoms with Crippen LogP contribution in [0.1, 0.15) is 0 Å². The van der Waals surface area contributed by atoms with Gasteiger partial charge in [-0.2, -0.15) is 13.5 Å². The molecule has 0 spiro atoms. The molecule has 4 heavy (non-hydrogen) atoms. The minimum Gasteiger partial charge on any atom is -0.412 e. The molecule has 0 aliphatic rings. The molecule has 0 fully saturated rings. The van der Waals surface area contributed by atoms with Crippen molar-refractivity contribution < 1.29 is 5.48 Å². The van der Waals surface area contributed by atoms with Gasteiger partial charge in [-0.1, -0.05) is 0 Å². The minimum absolute atomic E-state index is 0. The topological polar surface area (TPSA) is 31.5 Å². The van der Waals surface area contributed by atoms with E-state index in [-0.39, 0.29) is 78.1 Å². The van der Waals surface area contributed by atoms with Crippen LogP contribution in [0.4, 0.5) is 0 Å². The quantitative estimate of drug-likeness (QED) is 0.331. The van der Waals surface area contributed by atoms with E-state index in [0.29, 0.717) is 0 Å². The van der Waals surface area contributed by atoms with Crippen LogP contribution in [0, 0.1) is 0 Å². The maximum Gasteiger partial charge on any atom is 0 e. The Morgan fingerprint density at radius 2 is 0.750 bits per heavy atom. The third-order valence-electron chi connectivity index (χ3n) is 0. The predicted octanol–water partition coefficient (Wildman–Crippen LogP) is -1.47. The Hall–Kier alpha value is 2.31. The maximum absolute atomic E-state index is 0. The SMILES string of the molecule is O.S.[Na].[Na]. The van der Waals surface area contributed by atoms with Gasteiger partial charge in [0.15, 0.2) is 0 Å². The van der Waals surface area contributed by atoms with Gasteiger partial charge in [0, 0.05) is 59.1 Å². The molecule has 0 bridgehead atoms. The molecule has 1 nitrogen and oxygen atoms in total. The first kappa shape index (κ1) is 33.3. The van der Waals surface area contributed by atoms with E-state index < -0.39 is 0 Å². The molecule has 0 aromatic heterocycles. The fourth-order valence-corrected chi connectivity index (χ4v) is 0. The molecule has 0 atom stereocenters. The monoisotopic (exact) mass is 98.0 g/mol. The van der Waals surface area contributed by atoms with Gasteiger partial charge in [-0.05, 0) is 0 Å². The summed E-state index contributed by atoms with van der Waals surface area (Å²) in [4.78, 5) is 0. The molecule has 0 unspecified atom stereocenters. The van der Waals surface area contributed by atoms with E-state index in [9.17, 15) is 0 Å². The average Bonchev–Trinajstić information content (AvgIpc) is 0. The summed E-state index contributed by atoms with van der Waals surface area (Å²) in [6.45, 7) is 0. The van der Waals surface area contributed by atoms with E-state index in [1.807, 2.05) is 0 Å². The molecule has 0 rings (SSSR count). The summed E-state index contributed by atoms with van der Waals surface area (Å²) >= 11 is 0. The molecule has 0 aliphatic heterocycles. The van der Waals surface area contributed by atoms with Gasteiger partial charge >= 0.3 is 0 Å². The molecular formula is H4Na2OS. The van der Waals surface area contributed by atoms with Crippen LogP contribution in [0.3, 0.4) is 0 Å². The first-order valence-corrected chi connectivity index (χ1v) is 0. The van der Waals surface area contributed by atoms with Crippen molar-refractivity contribution in [3.05, 3.63) is 0 Å². The van der Waals surface area contributed by atoms with Gasteiger partial charge in [0.25, 0.3) is 0 Å². The fraction of sp³-hybridized carbons (Fsp3) is 0. The number of hydrogen-bond donors (Lipinski definition) is 0. The van der Waals surface area contributed by atoms with E-state index in [0.717, 1.165) is 0 Å². The van der Waals surface area contributed by atoms with Crippen LogP contribution in [-0.4, -0.2) is 64.6 Å². The second-order valence-corrected chi connectivity index (χ2v) is 0. The third kappa shape index (κ3) is 8.85. The van der Waals surface area contributed by atoms with Crippen LogP contribution < -0.4 is 0 Å². The van der Waals surface area contributed by atoms with Crippen molar-refractivity contribution in [2.24, 2.45) is 0 Å². The molecule has 0 saturated heterocycles. The van der Waals surface area contributed by atoms with Crippen LogP contribution >= 0.6 is 13.5 Å².